The molecule has 6 nitrogen and oxygen atoms in total. The highest BCUT2D eigenvalue weighted by Gasteiger charge is 2.15. The minimum Gasteiger partial charge on any atom is -0.489 e. The van der Waals surface area contributed by atoms with Crippen LogP contribution in [0, 0.1) is 0 Å². The third-order valence-corrected chi connectivity index (χ3v) is 5.25. The van der Waals surface area contributed by atoms with Crippen molar-refractivity contribution in [1.82, 2.24) is 9.97 Å². The van der Waals surface area contributed by atoms with E-state index in [2.05, 4.69) is 14.7 Å². The Morgan fingerprint density at radius 3 is 2.37 bits per heavy atom. The van der Waals surface area contributed by atoms with Gasteiger partial charge in [0.1, 0.15) is 18.1 Å². The molecule has 1 N–H and O–H groups in total. The molecule has 0 amide bonds. The molecule has 0 saturated heterocycles. The maximum Gasteiger partial charge on any atom is 0.233 e. The predicted octanol–water partition coefficient (Wildman–Crippen LogP) is 3.87. The molecule has 3 aromatic rings. The van der Waals surface area contributed by atoms with Gasteiger partial charge in [0.25, 0.3) is 0 Å². The average Bonchev–Trinajstić information content (AvgIpc) is 2.68. The summed E-state index contributed by atoms with van der Waals surface area (Å²) in [6.07, 6.45) is 3.54. The molecule has 7 heteroatoms. The number of rotatable bonds is 8. The first-order chi connectivity index (χ1) is 13.1. The summed E-state index contributed by atoms with van der Waals surface area (Å²) in [5.41, 5.74) is 2.27. The van der Waals surface area contributed by atoms with E-state index in [9.17, 15) is 8.42 Å². The second kappa shape index (κ2) is 8.64. The van der Waals surface area contributed by atoms with Gasteiger partial charge in [-0.1, -0.05) is 49.4 Å². The number of nitrogens with zero attached hydrogens (tertiary/aromatic N) is 2. The number of hydrogen-bond acceptors (Lipinski definition) is 5. The molecule has 0 bridgehead atoms. The average molecular weight is 383 g/mol. The SMILES string of the molecule is CCCS(=O)(=O)Nc1nccnc1-c1ccc(COc2ccccc2)cc1. The molecular formula is C20H21N3O3S. The Kier molecular flexibility index (Phi) is 6.03. The van der Waals surface area contributed by atoms with Crippen molar-refractivity contribution in [2.24, 2.45) is 0 Å². The summed E-state index contributed by atoms with van der Waals surface area (Å²) in [6.45, 7) is 2.26. The fraction of sp³-hybridized carbons (Fsp3) is 0.200. The zero-order valence-electron chi connectivity index (χ0n) is 15.0. The maximum absolute atomic E-state index is 12.1. The van der Waals surface area contributed by atoms with Gasteiger partial charge in [0.2, 0.25) is 10.0 Å². The lowest BCUT2D eigenvalue weighted by Crippen LogP contribution is -2.17. The van der Waals surface area contributed by atoms with Crippen LogP contribution in [0.1, 0.15) is 18.9 Å². The van der Waals surface area contributed by atoms with Crippen molar-refractivity contribution in [2.75, 3.05) is 10.5 Å². The van der Waals surface area contributed by atoms with Gasteiger partial charge in [0.05, 0.1) is 5.75 Å². The molecule has 0 unspecified atom stereocenters. The van der Waals surface area contributed by atoms with Crippen molar-refractivity contribution in [1.29, 1.82) is 0 Å². The molecular weight excluding hydrogens is 362 g/mol. The van der Waals surface area contributed by atoms with E-state index >= 15 is 0 Å². The van der Waals surface area contributed by atoms with Gasteiger partial charge in [-0.2, -0.15) is 0 Å². The van der Waals surface area contributed by atoms with Gasteiger partial charge in [-0.15, -0.1) is 0 Å². The van der Waals surface area contributed by atoms with Crippen LogP contribution in [-0.4, -0.2) is 24.1 Å². The number of ether oxygens (including phenoxy) is 1. The molecule has 27 heavy (non-hydrogen) atoms. The highest BCUT2D eigenvalue weighted by molar-refractivity contribution is 7.92. The van der Waals surface area contributed by atoms with Gasteiger partial charge in [0.15, 0.2) is 5.82 Å². The summed E-state index contributed by atoms with van der Waals surface area (Å²) in [5.74, 6) is 1.08. The highest BCUT2D eigenvalue weighted by Crippen LogP contribution is 2.25. The fourth-order valence-corrected chi connectivity index (χ4v) is 3.62. The molecule has 0 fully saturated rings. The molecule has 0 saturated carbocycles. The summed E-state index contributed by atoms with van der Waals surface area (Å²) < 4.78 is 32.4. The smallest absolute Gasteiger partial charge is 0.233 e. The van der Waals surface area contributed by atoms with E-state index in [1.165, 1.54) is 6.20 Å². The van der Waals surface area contributed by atoms with E-state index in [0.29, 0.717) is 18.7 Å². The monoisotopic (exact) mass is 383 g/mol. The molecule has 0 aliphatic heterocycles. The second-order valence-corrected chi connectivity index (χ2v) is 7.82. The summed E-state index contributed by atoms with van der Waals surface area (Å²) in [6, 6.07) is 17.2. The van der Waals surface area contributed by atoms with Crippen molar-refractivity contribution in [3.05, 3.63) is 72.6 Å². The topological polar surface area (TPSA) is 81.2 Å². The standard InChI is InChI=1S/C20H21N3O3S/c1-2-14-27(24,25)23-20-19(21-12-13-22-20)17-10-8-16(9-11-17)15-26-18-6-4-3-5-7-18/h3-13H,2,14-15H2,1H3,(H,22,23). The van der Waals surface area contributed by atoms with Gasteiger partial charge in [-0.3, -0.25) is 9.71 Å². The number of sulfonamides is 1. The molecule has 0 spiro atoms. The van der Waals surface area contributed by atoms with Crippen LogP contribution in [-0.2, 0) is 16.6 Å². The Hall–Kier alpha value is -2.93. The van der Waals surface area contributed by atoms with Gasteiger partial charge >= 0.3 is 0 Å². The van der Waals surface area contributed by atoms with Crippen LogP contribution in [0.25, 0.3) is 11.3 Å². The fourth-order valence-electron chi connectivity index (χ4n) is 2.53. The zero-order valence-corrected chi connectivity index (χ0v) is 15.8. The minimum atomic E-state index is -3.44. The quantitative estimate of drug-likeness (QED) is 0.638. The van der Waals surface area contributed by atoms with Crippen molar-refractivity contribution in [3.8, 4) is 17.0 Å². The Bertz CT molecular complexity index is 975. The van der Waals surface area contributed by atoms with E-state index in [4.69, 9.17) is 4.74 Å². The van der Waals surface area contributed by atoms with Crippen LogP contribution in [0.2, 0.25) is 0 Å². The molecule has 0 aliphatic rings. The van der Waals surface area contributed by atoms with E-state index in [-0.39, 0.29) is 11.6 Å². The third-order valence-electron chi connectivity index (χ3n) is 3.80. The van der Waals surface area contributed by atoms with Crippen LogP contribution in [0.3, 0.4) is 0 Å². The van der Waals surface area contributed by atoms with E-state index in [1.54, 1.807) is 6.20 Å². The highest BCUT2D eigenvalue weighted by atomic mass is 32.2. The number of para-hydroxylation sites is 1. The number of benzene rings is 2. The first-order valence-corrected chi connectivity index (χ1v) is 10.3. The molecule has 3 rings (SSSR count). The molecule has 2 aromatic carbocycles. The maximum atomic E-state index is 12.1. The Labute approximate surface area is 159 Å². The molecule has 0 radical (unpaired) electrons. The van der Waals surface area contributed by atoms with Crippen molar-refractivity contribution in [2.45, 2.75) is 20.0 Å². The van der Waals surface area contributed by atoms with Gasteiger partial charge in [-0.05, 0) is 24.1 Å². The van der Waals surface area contributed by atoms with Gasteiger partial charge in [0, 0.05) is 18.0 Å². The van der Waals surface area contributed by atoms with E-state index in [1.807, 2.05) is 61.5 Å². The van der Waals surface area contributed by atoms with E-state index < -0.39 is 10.0 Å². The zero-order chi connectivity index (χ0) is 19.1. The van der Waals surface area contributed by atoms with Gasteiger partial charge in [-0.25, -0.2) is 13.4 Å². The van der Waals surface area contributed by atoms with Crippen LogP contribution in [0.15, 0.2) is 67.0 Å². The third kappa shape index (κ3) is 5.27. The number of hydrogen-bond donors (Lipinski definition) is 1. The summed E-state index contributed by atoms with van der Waals surface area (Å²) in [7, 11) is -3.44. The molecule has 0 aliphatic carbocycles. The first kappa shape index (κ1) is 18.8. The first-order valence-electron chi connectivity index (χ1n) is 8.66. The largest absolute Gasteiger partial charge is 0.489 e. The Balaban J connectivity index is 1.75. The lowest BCUT2D eigenvalue weighted by atomic mass is 10.1. The number of nitrogens with one attached hydrogen (secondary N) is 1. The van der Waals surface area contributed by atoms with Crippen molar-refractivity contribution in [3.63, 3.8) is 0 Å². The molecule has 1 aromatic heterocycles. The Morgan fingerprint density at radius 2 is 1.67 bits per heavy atom. The van der Waals surface area contributed by atoms with Gasteiger partial charge < -0.3 is 4.74 Å². The van der Waals surface area contributed by atoms with Crippen molar-refractivity contribution >= 4 is 15.8 Å². The normalized spacial score (nSPS) is 11.1. The van der Waals surface area contributed by atoms with E-state index in [0.717, 1.165) is 16.9 Å². The Morgan fingerprint density at radius 1 is 0.963 bits per heavy atom. The number of aromatic nitrogens is 2. The lowest BCUT2D eigenvalue weighted by molar-refractivity contribution is 0.306. The van der Waals surface area contributed by atoms with Crippen LogP contribution >= 0.6 is 0 Å². The molecule has 1 heterocycles. The summed E-state index contributed by atoms with van der Waals surface area (Å²) >= 11 is 0. The second-order valence-electron chi connectivity index (χ2n) is 5.97. The number of anilines is 1. The summed E-state index contributed by atoms with van der Waals surface area (Å²) in [4.78, 5) is 8.44. The molecule has 0 atom stereocenters. The van der Waals surface area contributed by atoms with Crippen molar-refractivity contribution < 1.29 is 13.2 Å². The van der Waals surface area contributed by atoms with Crippen LogP contribution in [0.4, 0.5) is 5.82 Å². The predicted molar refractivity (Wildman–Crippen MR) is 106 cm³/mol. The van der Waals surface area contributed by atoms with Crippen LogP contribution < -0.4 is 9.46 Å². The molecule has 140 valence electrons. The minimum absolute atomic E-state index is 0.0405. The van der Waals surface area contributed by atoms with Crippen LogP contribution in [0.5, 0.6) is 5.75 Å². The summed E-state index contributed by atoms with van der Waals surface area (Å²) in [5, 5.41) is 0. The lowest BCUT2D eigenvalue weighted by Gasteiger charge is -2.11.